The highest BCUT2D eigenvalue weighted by molar-refractivity contribution is 7.15. The minimum atomic E-state index is -0.512. The first-order chi connectivity index (χ1) is 11.7. The van der Waals surface area contributed by atoms with Crippen molar-refractivity contribution in [3.05, 3.63) is 69.4 Å². The zero-order chi connectivity index (χ0) is 16.5. The molecule has 0 bridgehead atoms. The van der Waals surface area contributed by atoms with Gasteiger partial charge < -0.3 is 0 Å². The molecular formula is C16H10N4O2S2. The Labute approximate surface area is 144 Å². The second-order valence-corrected chi connectivity index (χ2v) is 6.62. The van der Waals surface area contributed by atoms with Gasteiger partial charge in [-0.1, -0.05) is 30.3 Å². The van der Waals surface area contributed by atoms with Crippen LogP contribution in [0.15, 0.2) is 58.3 Å². The fourth-order valence-electron chi connectivity index (χ4n) is 2.22. The van der Waals surface area contributed by atoms with E-state index >= 15 is 0 Å². The molecule has 3 heterocycles. The Balaban J connectivity index is 1.61. The number of aromatic nitrogens is 3. The fraction of sp³-hybridized carbons (Fsp3) is 0. The van der Waals surface area contributed by atoms with E-state index in [0.29, 0.717) is 10.1 Å². The molecule has 0 aliphatic rings. The highest BCUT2D eigenvalue weighted by Gasteiger charge is 2.15. The summed E-state index contributed by atoms with van der Waals surface area (Å²) in [5, 5.41) is 6.71. The van der Waals surface area contributed by atoms with Gasteiger partial charge in [0.05, 0.1) is 5.69 Å². The molecule has 0 radical (unpaired) electrons. The molecule has 0 atom stereocenters. The molecule has 8 heteroatoms. The molecule has 0 saturated heterocycles. The Hall–Kier alpha value is -2.84. The van der Waals surface area contributed by atoms with Gasteiger partial charge in [-0.15, -0.1) is 22.7 Å². The van der Waals surface area contributed by atoms with Gasteiger partial charge in [0.25, 0.3) is 11.5 Å². The number of carbonyl (C=O) groups is 1. The van der Waals surface area contributed by atoms with Crippen LogP contribution in [0, 0.1) is 0 Å². The lowest BCUT2D eigenvalue weighted by molar-refractivity contribution is 0.102. The van der Waals surface area contributed by atoms with E-state index in [9.17, 15) is 9.59 Å². The van der Waals surface area contributed by atoms with Gasteiger partial charge in [-0.2, -0.15) is 0 Å². The summed E-state index contributed by atoms with van der Waals surface area (Å²) in [6, 6.07) is 9.67. The third kappa shape index (κ3) is 2.61. The molecule has 0 fully saturated rings. The molecular weight excluding hydrogens is 344 g/mol. The topological polar surface area (TPSA) is 76.4 Å². The van der Waals surface area contributed by atoms with Gasteiger partial charge in [-0.25, -0.2) is 9.97 Å². The average molecular weight is 354 g/mol. The van der Waals surface area contributed by atoms with Gasteiger partial charge in [-0.3, -0.25) is 19.3 Å². The van der Waals surface area contributed by atoms with Crippen LogP contribution in [-0.2, 0) is 0 Å². The maximum Gasteiger partial charge on any atom is 0.271 e. The Morgan fingerprint density at radius 2 is 2.00 bits per heavy atom. The second-order valence-electron chi connectivity index (χ2n) is 4.89. The van der Waals surface area contributed by atoms with Crippen LogP contribution in [0.2, 0.25) is 0 Å². The second kappa shape index (κ2) is 5.99. The smallest absolute Gasteiger partial charge is 0.271 e. The summed E-state index contributed by atoms with van der Waals surface area (Å²) >= 11 is 2.64. The molecule has 6 nitrogen and oxygen atoms in total. The Bertz CT molecular complexity index is 1080. The van der Waals surface area contributed by atoms with Crippen LogP contribution >= 0.6 is 22.7 Å². The zero-order valence-corrected chi connectivity index (χ0v) is 13.8. The Morgan fingerprint density at radius 3 is 2.83 bits per heavy atom. The number of nitrogens with one attached hydrogen (secondary N) is 1. The van der Waals surface area contributed by atoms with E-state index in [1.807, 2.05) is 35.7 Å². The maximum atomic E-state index is 12.4. The van der Waals surface area contributed by atoms with Gasteiger partial charge in [0, 0.05) is 28.7 Å². The van der Waals surface area contributed by atoms with Crippen molar-refractivity contribution in [2.24, 2.45) is 0 Å². The number of hydrogen-bond acceptors (Lipinski definition) is 6. The summed E-state index contributed by atoms with van der Waals surface area (Å²) in [5.41, 5.74) is 1.34. The number of amides is 1. The number of fused-ring (bicyclic) bond motifs is 1. The van der Waals surface area contributed by atoms with Gasteiger partial charge in [0.15, 0.2) is 10.1 Å². The van der Waals surface area contributed by atoms with Gasteiger partial charge in [0.2, 0.25) is 0 Å². The molecule has 3 aromatic heterocycles. The van der Waals surface area contributed by atoms with Crippen LogP contribution in [0.1, 0.15) is 10.4 Å². The molecule has 0 spiro atoms. The molecule has 1 N–H and O–H groups in total. The highest BCUT2D eigenvalue weighted by atomic mass is 32.1. The van der Waals surface area contributed by atoms with Crippen molar-refractivity contribution in [2.75, 3.05) is 5.32 Å². The minimum Gasteiger partial charge on any atom is -0.298 e. The standard InChI is InChI=1S/C16H10N4O2S2/c21-13(11-8-17-16-20(14(11)22)6-7-23-16)19-15-18-12(9-24-15)10-4-2-1-3-5-10/h1-9H,(H,18,19,21). The van der Waals surface area contributed by atoms with Crippen LogP contribution in [0.5, 0.6) is 0 Å². The van der Waals surface area contributed by atoms with Crippen LogP contribution in [-0.4, -0.2) is 20.3 Å². The third-order valence-corrected chi connectivity index (χ3v) is 4.91. The summed E-state index contributed by atoms with van der Waals surface area (Å²) in [5.74, 6) is -0.512. The van der Waals surface area contributed by atoms with Crippen LogP contribution in [0.3, 0.4) is 0 Å². The van der Waals surface area contributed by atoms with Crippen LogP contribution in [0.25, 0.3) is 16.2 Å². The first-order valence-electron chi connectivity index (χ1n) is 6.99. The van der Waals surface area contributed by atoms with Crippen LogP contribution in [0.4, 0.5) is 5.13 Å². The molecule has 1 aromatic carbocycles. The van der Waals surface area contributed by atoms with E-state index in [4.69, 9.17) is 0 Å². The lowest BCUT2D eigenvalue weighted by Crippen LogP contribution is -2.25. The number of hydrogen-bond donors (Lipinski definition) is 1. The SMILES string of the molecule is O=C(Nc1nc(-c2ccccc2)cs1)c1cnc2sccn2c1=O. The van der Waals surface area contributed by atoms with E-state index < -0.39 is 11.5 Å². The van der Waals surface area contributed by atoms with Crippen molar-refractivity contribution in [2.45, 2.75) is 0 Å². The van der Waals surface area contributed by atoms with Crippen molar-refractivity contribution < 1.29 is 4.79 Å². The monoisotopic (exact) mass is 354 g/mol. The molecule has 118 valence electrons. The van der Waals surface area contributed by atoms with E-state index in [2.05, 4.69) is 15.3 Å². The number of anilines is 1. The lowest BCUT2D eigenvalue weighted by Gasteiger charge is -2.01. The van der Waals surface area contributed by atoms with Gasteiger partial charge in [0.1, 0.15) is 5.56 Å². The zero-order valence-electron chi connectivity index (χ0n) is 12.2. The Kier molecular flexibility index (Phi) is 3.68. The largest absolute Gasteiger partial charge is 0.298 e. The molecule has 0 aliphatic heterocycles. The number of thiazole rings is 2. The van der Waals surface area contributed by atoms with Crippen LogP contribution < -0.4 is 10.9 Å². The van der Waals surface area contributed by atoms with Crippen molar-refractivity contribution in [1.29, 1.82) is 0 Å². The summed E-state index contributed by atoms with van der Waals surface area (Å²) in [6.45, 7) is 0. The summed E-state index contributed by atoms with van der Waals surface area (Å²) in [4.78, 5) is 33.7. The molecule has 1 amide bonds. The molecule has 4 aromatic rings. The normalized spacial score (nSPS) is 10.8. The lowest BCUT2D eigenvalue weighted by atomic mass is 10.2. The summed E-state index contributed by atoms with van der Waals surface area (Å²) in [7, 11) is 0. The van der Waals surface area contributed by atoms with Crippen molar-refractivity contribution in [1.82, 2.24) is 14.4 Å². The predicted molar refractivity (Wildman–Crippen MR) is 94.8 cm³/mol. The first kappa shape index (κ1) is 14.7. The molecule has 0 unspecified atom stereocenters. The molecule has 4 rings (SSSR count). The van der Waals surface area contributed by atoms with Crippen molar-refractivity contribution >= 4 is 38.7 Å². The molecule has 0 saturated carbocycles. The summed E-state index contributed by atoms with van der Waals surface area (Å²) in [6.07, 6.45) is 2.90. The Morgan fingerprint density at radius 1 is 1.17 bits per heavy atom. The predicted octanol–water partition coefficient (Wildman–Crippen LogP) is 3.13. The van der Waals surface area contributed by atoms with E-state index in [1.165, 1.54) is 33.3 Å². The first-order valence-corrected chi connectivity index (χ1v) is 8.75. The quantitative estimate of drug-likeness (QED) is 0.613. The number of carbonyl (C=O) groups excluding carboxylic acids is 1. The molecule has 24 heavy (non-hydrogen) atoms. The molecule has 0 aliphatic carbocycles. The van der Waals surface area contributed by atoms with Crippen molar-refractivity contribution in [3.63, 3.8) is 0 Å². The minimum absolute atomic E-state index is 0.0117. The fourth-order valence-corrected chi connectivity index (χ4v) is 3.61. The average Bonchev–Trinajstić information content (AvgIpc) is 3.25. The van der Waals surface area contributed by atoms with Gasteiger partial charge in [-0.05, 0) is 0 Å². The number of rotatable bonds is 3. The summed E-state index contributed by atoms with van der Waals surface area (Å²) < 4.78 is 1.36. The third-order valence-electron chi connectivity index (χ3n) is 3.38. The number of benzene rings is 1. The maximum absolute atomic E-state index is 12.4. The number of nitrogens with zero attached hydrogens (tertiary/aromatic N) is 3. The van der Waals surface area contributed by atoms with E-state index in [0.717, 1.165) is 11.3 Å². The highest BCUT2D eigenvalue weighted by Crippen LogP contribution is 2.24. The van der Waals surface area contributed by atoms with Crippen molar-refractivity contribution in [3.8, 4) is 11.3 Å². The van der Waals surface area contributed by atoms with Gasteiger partial charge >= 0.3 is 0 Å². The van der Waals surface area contributed by atoms with E-state index in [1.54, 1.807) is 11.6 Å². The van der Waals surface area contributed by atoms with E-state index in [-0.39, 0.29) is 5.56 Å².